The van der Waals surface area contributed by atoms with Crippen molar-refractivity contribution in [1.82, 2.24) is 5.32 Å². The largest absolute Gasteiger partial charge is 0.384 e. The molecule has 2 nitrogen and oxygen atoms in total. The summed E-state index contributed by atoms with van der Waals surface area (Å²) >= 11 is 0. The zero-order valence-corrected chi connectivity index (χ0v) is 11.8. The van der Waals surface area contributed by atoms with Crippen molar-refractivity contribution in [2.45, 2.75) is 32.7 Å². The topological polar surface area (TPSA) is 21.3 Å². The Morgan fingerprint density at radius 1 is 1.22 bits per heavy atom. The first-order valence-electron chi connectivity index (χ1n) is 6.39. The van der Waals surface area contributed by atoms with Gasteiger partial charge in [0.2, 0.25) is 0 Å². The highest BCUT2D eigenvalue weighted by Crippen LogP contribution is 2.11. The number of hydrogen-bond acceptors (Lipinski definition) is 2. The number of halogens is 1. The van der Waals surface area contributed by atoms with Crippen LogP contribution in [-0.4, -0.2) is 25.8 Å². The third-order valence-corrected chi connectivity index (χ3v) is 2.76. The van der Waals surface area contributed by atoms with Gasteiger partial charge in [0, 0.05) is 19.2 Å². The third-order valence-electron chi connectivity index (χ3n) is 2.76. The van der Waals surface area contributed by atoms with Crippen LogP contribution in [0.5, 0.6) is 0 Å². The van der Waals surface area contributed by atoms with Crippen LogP contribution in [0.4, 0.5) is 4.39 Å². The molecule has 1 aromatic carbocycles. The van der Waals surface area contributed by atoms with Gasteiger partial charge in [-0.3, -0.25) is 0 Å². The number of hydrogen-bond donors (Lipinski definition) is 1. The van der Waals surface area contributed by atoms with Crippen LogP contribution in [-0.2, 0) is 11.2 Å². The molecule has 0 aromatic heterocycles. The van der Waals surface area contributed by atoms with Gasteiger partial charge < -0.3 is 10.1 Å². The molecule has 18 heavy (non-hydrogen) atoms. The lowest BCUT2D eigenvalue weighted by molar-refractivity contribution is 0.146. The van der Waals surface area contributed by atoms with Crippen LogP contribution in [0.15, 0.2) is 24.3 Å². The van der Waals surface area contributed by atoms with Gasteiger partial charge >= 0.3 is 0 Å². The van der Waals surface area contributed by atoms with E-state index in [9.17, 15) is 4.39 Å². The van der Waals surface area contributed by atoms with E-state index < -0.39 is 0 Å². The van der Waals surface area contributed by atoms with Crippen molar-refractivity contribution < 1.29 is 9.13 Å². The van der Waals surface area contributed by atoms with Crippen LogP contribution < -0.4 is 5.32 Å². The summed E-state index contributed by atoms with van der Waals surface area (Å²) in [5.74, 6) is 0.217. The van der Waals surface area contributed by atoms with Gasteiger partial charge in [0.1, 0.15) is 5.82 Å². The number of benzene rings is 1. The zero-order chi connectivity index (χ0) is 13.6. The van der Waals surface area contributed by atoms with Crippen LogP contribution in [0.1, 0.15) is 26.3 Å². The van der Waals surface area contributed by atoms with Crippen molar-refractivity contribution in [2.75, 3.05) is 20.3 Å². The third kappa shape index (κ3) is 6.12. The molecular weight excluding hydrogens is 229 g/mol. The molecule has 0 radical (unpaired) electrons. The van der Waals surface area contributed by atoms with Crippen LogP contribution in [0.3, 0.4) is 0 Å². The Labute approximate surface area is 110 Å². The molecule has 0 spiro atoms. The van der Waals surface area contributed by atoms with Crippen molar-refractivity contribution in [3.8, 4) is 0 Å². The Bertz CT molecular complexity index is 343. The smallest absolute Gasteiger partial charge is 0.123 e. The standard InChI is InChI=1S/C15H24FNO/c1-15(2,3)17-10-13(11-18-4)9-12-5-7-14(16)8-6-12/h5-8,13,17H,9-11H2,1-4H3. The summed E-state index contributed by atoms with van der Waals surface area (Å²) in [5, 5.41) is 3.48. The molecule has 1 unspecified atom stereocenters. The van der Waals surface area contributed by atoms with Gasteiger partial charge in [-0.15, -0.1) is 0 Å². The molecule has 1 aromatic rings. The Morgan fingerprint density at radius 3 is 2.33 bits per heavy atom. The first-order valence-corrected chi connectivity index (χ1v) is 6.39. The summed E-state index contributed by atoms with van der Waals surface area (Å²) in [5.41, 5.74) is 1.25. The second-order valence-corrected chi connectivity index (χ2v) is 5.78. The quantitative estimate of drug-likeness (QED) is 0.841. The molecule has 0 saturated carbocycles. The molecule has 0 aliphatic carbocycles. The predicted molar refractivity (Wildman–Crippen MR) is 73.2 cm³/mol. The minimum atomic E-state index is -0.185. The summed E-state index contributed by atoms with van der Waals surface area (Å²) < 4.78 is 18.1. The van der Waals surface area contributed by atoms with E-state index in [4.69, 9.17) is 4.74 Å². The first kappa shape index (κ1) is 15.1. The minimum Gasteiger partial charge on any atom is -0.384 e. The molecule has 0 aliphatic heterocycles. The molecule has 1 N–H and O–H groups in total. The highest BCUT2D eigenvalue weighted by Gasteiger charge is 2.14. The van der Waals surface area contributed by atoms with E-state index in [1.807, 2.05) is 12.1 Å². The maximum absolute atomic E-state index is 12.8. The fourth-order valence-electron chi connectivity index (χ4n) is 1.83. The highest BCUT2D eigenvalue weighted by molar-refractivity contribution is 5.16. The zero-order valence-electron chi connectivity index (χ0n) is 11.8. The van der Waals surface area contributed by atoms with Gasteiger partial charge in [0.15, 0.2) is 0 Å². The van der Waals surface area contributed by atoms with Gasteiger partial charge in [0.25, 0.3) is 0 Å². The lowest BCUT2D eigenvalue weighted by Gasteiger charge is -2.25. The van der Waals surface area contributed by atoms with E-state index in [0.29, 0.717) is 12.5 Å². The molecule has 102 valence electrons. The summed E-state index contributed by atoms with van der Waals surface area (Å²) in [6, 6.07) is 6.71. The van der Waals surface area contributed by atoms with Gasteiger partial charge in [-0.25, -0.2) is 4.39 Å². The summed E-state index contributed by atoms with van der Waals surface area (Å²) in [7, 11) is 1.72. The number of ether oxygens (including phenoxy) is 1. The van der Waals surface area contributed by atoms with Crippen LogP contribution in [0.2, 0.25) is 0 Å². The Balaban J connectivity index is 2.54. The maximum Gasteiger partial charge on any atom is 0.123 e. The lowest BCUT2D eigenvalue weighted by atomic mass is 9.98. The highest BCUT2D eigenvalue weighted by atomic mass is 19.1. The summed E-state index contributed by atoms with van der Waals surface area (Å²) in [4.78, 5) is 0. The number of nitrogens with one attached hydrogen (secondary N) is 1. The van der Waals surface area contributed by atoms with E-state index >= 15 is 0 Å². The number of rotatable bonds is 6. The normalized spacial score (nSPS) is 13.6. The average molecular weight is 253 g/mol. The van der Waals surface area contributed by atoms with Crippen molar-refractivity contribution >= 4 is 0 Å². The Hall–Kier alpha value is -0.930. The minimum absolute atomic E-state index is 0.106. The SMILES string of the molecule is COCC(CNC(C)(C)C)Cc1ccc(F)cc1. The number of methoxy groups -OCH3 is 1. The van der Waals surface area contributed by atoms with Crippen LogP contribution in [0, 0.1) is 11.7 Å². The predicted octanol–water partition coefficient (Wildman–Crippen LogP) is 3.02. The van der Waals surface area contributed by atoms with E-state index in [-0.39, 0.29) is 11.4 Å². The van der Waals surface area contributed by atoms with Crippen molar-refractivity contribution in [3.05, 3.63) is 35.6 Å². The molecule has 0 heterocycles. The van der Waals surface area contributed by atoms with E-state index in [1.165, 1.54) is 12.1 Å². The molecule has 0 aliphatic rings. The molecular formula is C15H24FNO. The van der Waals surface area contributed by atoms with E-state index in [2.05, 4.69) is 26.1 Å². The molecule has 3 heteroatoms. The summed E-state index contributed by atoms with van der Waals surface area (Å²) in [6.45, 7) is 8.05. The maximum atomic E-state index is 12.8. The fraction of sp³-hybridized carbons (Fsp3) is 0.600. The lowest BCUT2D eigenvalue weighted by Crippen LogP contribution is -2.40. The Morgan fingerprint density at radius 2 is 1.83 bits per heavy atom. The van der Waals surface area contributed by atoms with Gasteiger partial charge in [-0.2, -0.15) is 0 Å². The van der Waals surface area contributed by atoms with Crippen molar-refractivity contribution in [2.24, 2.45) is 5.92 Å². The molecule has 1 rings (SSSR count). The second-order valence-electron chi connectivity index (χ2n) is 5.78. The fourth-order valence-corrected chi connectivity index (χ4v) is 1.83. The first-order chi connectivity index (χ1) is 8.40. The average Bonchev–Trinajstić information content (AvgIpc) is 2.28. The van der Waals surface area contributed by atoms with Crippen LogP contribution in [0.25, 0.3) is 0 Å². The monoisotopic (exact) mass is 253 g/mol. The molecule has 0 fully saturated rings. The van der Waals surface area contributed by atoms with Crippen molar-refractivity contribution in [3.63, 3.8) is 0 Å². The molecule has 0 saturated heterocycles. The van der Waals surface area contributed by atoms with E-state index in [0.717, 1.165) is 18.5 Å². The van der Waals surface area contributed by atoms with Gasteiger partial charge in [-0.1, -0.05) is 12.1 Å². The second kappa shape index (κ2) is 6.86. The molecule has 0 bridgehead atoms. The summed E-state index contributed by atoms with van der Waals surface area (Å²) in [6.07, 6.45) is 0.900. The van der Waals surface area contributed by atoms with Crippen LogP contribution >= 0.6 is 0 Å². The van der Waals surface area contributed by atoms with Crippen molar-refractivity contribution in [1.29, 1.82) is 0 Å². The van der Waals surface area contributed by atoms with Gasteiger partial charge in [-0.05, 0) is 50.8 Å². The van der Waals surface area contributed by atoms with Gasteiger partial charge in [0.05, 0.1) is 6.61 Å². The Kier molecular flexibility index (Phi) is 5.76. The molecule has 1 atom stereocenters. The van der Waals surface area contributed by atoms with E-state index in [1.54, 1.807) is 7.11 Å². The molecule has 0 amide bonds.